The Morgan fingerprint density at radius 2 is 2.67 bits per heavy atom. The van der Waals surface area contributed by atoms with E-state index >= 15 is 0 Å². The summed E-state index contributed by atoms with van der Waals surface area (Å²) in [7, 11) is 0. The maximum Gasteiger partial charge on any atom is 0.323 e. The van der Waals surface area contributed by atoms with E-state index in [1.54, 1.807) is 12.3 Å². The van der Waals surface area contributed by atoms with Crippen LogP contribution in [-0.4, -0.2) is 29.3 Å². The van der Waals surface area contributed by atoms with Crippen LogP contribution in [0.3, 0.4) is 0 Å². The Labute approximate surface area is 52.8 Å². The number of rotatable bonds is 1. The third kappa shape index (κ3) is 1.20. The summed E-state index contributed by atoms with van der Waals surface area (Å²) < 4.78 is 0. The Bertz CT molecular complexity index is 144. The van der Waals surface area contributed by atoms with Gasteiger partial charge in [-0.25, -0.2) is 4.79 Å². The van der Waals surface area contributed by atoms with Gasteiger partial charge in [0, 0.05) is 12.7 Å². The molecule has 0 atom stereocenters. The van der Waals surface area contributed by atoms with Gasteiger partial charge >= 0.3 is 6.03 Å². The number of aliphatic hydroxyl groups is 1. The Kier molecular flexibility index (Phi) is 1.69. The lowest BCUT2D eigenvalue weighted by molar-refractivity contribution is 0.151. The fourth-order valence-corrected chi connectivity index (χ4v) is 0.607. The fraction of sp³-hybridized carbons (Fsp3) is 0.400. The molecule has 4 heteroatoms. The molecule has 1 rings (SSSR count). The van der Waals surface area contributed by atoms with Crippen molar-refractivity contribution in [3.8, 4) is 0 Å². The van der Waals surface area contributed by atoms with Gasteiger partial charge in [0.15, 0.2) is 0 Å². The Hall–Kier alpha value is -1.03. The zero-order chi connectivity index (χ0) is 6.69. The van der Waals surface area contributed by atoms with Crippen molar-refractivity contribution in [2.45, 2.75) is 0 Å². The van der Waals surface area contributed by atoms with Gasteiger partial charge in [0.05, 0.1) is 0 Å². The van der Waals surface area contributed by atoms with Gasteiger partial charge in [-0.15, -0.1) is 0 Å². The molecule has 1 aliphatic heterocycles. The van der Waals surface area contributed by atoms with E-state index < -0.39 is 0 Å². The molecule has 0 aliphatic carbocycles. The zero-order valence-corrected chi connectivity index (χ0v) is 4.87. The maximum atomic E-state index is 10.6. The summed E-state index contributed by atoms with van der Waals surface area (Å²) in [6, 6.07) is -0.250. The first-order valence-electron chi connectivity index (χ1n) is 2.66. The highest BCUT2D eigenvalue weighted by molar-refractivity contribution is 5.76. The number of hydrogen-bond donors (Lipinski definition) is 2. The molecule has 0 aromatic heterocycles. The molecular formula is C5H8N2O2. The summed E-state index contributed by atoms with van der Waals surface area (Å²) in [4.78, 5) is 11.8. The quantitative estimate of drug-likeness (QED) is 0.499. The minimum atomic E-state index is -0.262. The topological polar surface area (TPSA) is 52.6 Å². The van der Waals surface area contributed by atoms with Crippen molar-refractivity contribution < 1.29 is 9.90 Å². The molecule has 0 aromatic carbocycles. The highest BCUT2D eigenvalue weighted by Crippen LogP contribution is 1.93. The molecule has 1 aliphatic rings. The lowest BCUT2D eigenvalue weighted by Crippen LogP contribution is -2.40. The van der Waals surface area contributed by atoms with Crippen LogP contribution in [0, 0.1) is 0 Å². The fourth-order valence-electron chi connectivity index (χ4n) is 0.607. The number of nitrogens with zero attached hydrogens (tertiary/aromatic N) is 1. The highest BCUT2D eigenvalue weighted by atomic mass is 16.3. The first kappa shape index (κ1) is 6.10. The summed E-state index contributed by atoms with van der Waals surface area (Å²) >= 11 is 0. The van der Waals surface area contributed by atoms with E-state index in [1.807, 2.05) is 0 Å². The highest BCUT2D eigenvalue weighted by Gasteiger charge is 2.09. The Morgan fingerprint density at radius 1 is 1.89 bits per heavy atom. The van der Waals surface area contributed by atoms with Gasteiger partial charge in [0.1, 0.15) is 6.73 Å². The van der Waals surface area contributed by atoms with Crippen LogP contribution in [0.15, 0.2) is 12.3 Å². The van der Waals surface area contributed by atoms with Crippen LogP contribution in [0.4, 0.5) is 4.79 Å². The van der Waals surface area contributed by atoms with Crippen LogP contribution < -0.4 is 5.32 Å². The summed E-state index contributed by atoms with van der Waals surface area (Å²) in [5.74, 6) is 0. The second-order valence-corrected chi connectivity index (χ2v) is 1.68. The second-order valence-electron chi connectivity index (χ2n) is 1.68. The van der Waals surface area contributed by atoms with Crippen molar-refractivity contribution in [3.05, 3.63) is 12.3 Å². The van der Waals surface area contributed by atoms with E-state index in [0.717, 1.165) is 0 Å². The van der Waals surface area contributed by atoms with E-state index in [4.69, 9.17) is 5.11 Å². The Balaban J connectivity index is 2.57. The van der Waals surface area contributed by atoms with Gasteiger partial charge in [0.2, 0.25) is 0 Å². The third-order valence-electron chi connectivity index (χ3n) is 1.07. The molecule has 2 N–H and O–H groups in total. The van der Waals surface area contributed by atoms with Gasteiger partial charge in [0.25, 0.3) is 0 Å². The smallest absolute Gasteiger partial charge is 0.323 e. The van der Waals surface area contributed by atoms with Crippen molar-refractivity contribution in [1.29, 1.82) is 0 Å². The largest absolute Gasteiger partial charge is 0.376 e. The van der Waals surface area contributed by atoms with Crippen LogP contribution in [0.5, 0.6) is 0 Å². The minimum absolute atomic E-state index is 0.250. The van der Waals surface area contributed by atoms with E-state index in [0.29, 0.717) is 6.54 Å². The summed E-state index contributed by atoms with van der Waals surface area (Å²) in [5, 5.41) is 11.0. The number of urea groups is 1. The number of amides is 2. The van der Waals surface area contributed by atoms with Crippen molar-refractivity contribution >= 4 is 6.03 Å². The lowest BCUT2D eigenvalue weighted by Gasteiger charge is -2.18. The monoisotopic (exact) mass is 128 g/mol. The molecule has 0 unspecified atom stereocenters. The number of hydrogen-bond acceptors (Lipinski definition) is 2. The molecule has 0 saturated carbocycles. The van der Waals surface area contributed by atoms with E-state index in [1.165, 1.54) is 4.90 Å². The van der Waals surface area contributed by atoms with Crippen LogP contribution in [0.1, 0.15) is 0 Å². The van der Waals surface area contributed by atoms with Gasteiger partial charge in [-0.05, 0) is 6.08 Å². The van der Waals surface area contributed by atoms with Crippen molar-refractivity contribution in [3.63, 3.8) is 0 Å². The number of carbonyl (C=O) groups excluding carboxylic acids is 1. The molecule has 50 valence electrons. The van der Waals surface area contributed by atoms with Crippen molar-refractivity contribution in [1.82, 2.24) is 10.2 Å². The third-order valence-corrected chi connectivity index (χ3v) is 1.07. The van der Waals surface area contributed by atoms with Crippen LogP contribution >= 0.6 is 0 Å². The molecule has 9 heavy (non-hydrogen) atoms. The van der Waals surface area contributed by atoms with Crippen molar-refractivity contribution in [2.75, 3.05) is 13.3 Å². The lowest BCUT2D eigenvalue weighted by atomic mass is 10.5. The summed E-state index contributed by atoms with van der Waals surface area (Å²) in [6.45, 7) is 0.289. The molecule has 0 radical (unpaired) electrons. The second kappa shape index (κ2) is 2.50. The zero-order valence-electron chi connectivity index (χ0n) is 4.87. The SMILES string of the molecule is O=C1NCC=CN1CO. The van der Waals surface area contributed by atoms with Gasteiger partial charge in [-0.1, -0.05) is 0 Å². The van der Waals surface area contributed by atoms with Crippen molar-refractivity contribution in [2.24, 2.45) is 0 Å². The number of nitrogens with one attached hydrogen (secondary N) is 1. The summed E-state index contributed by atoms with van der Waals surface area (Å²) in [6.07, 6.45) is 3.32. The molecule has 1 heterocycles. The first-order chi connectivity index (χ1) is 4.34. The molecule has 4 nitrogen and oxygen atoms in total. The molecule has 0 fully saturated rings. The van der Waals surface area contributed by atoms with Gasteiger partial charge in [-0.3, -0.25) is 4.90 Å². The average Bonchev–Trinajstić information content (AvgIpc) is 1.89. The molecule has 0 bridgehead atoms. The van der Waals surface area contributed by atoms with Crippen LogP contribution in [-0.2, 0) is 0 Å². The first-order valence-corrected chi connectivity index (χ1v) is 2.66. The normalized spacial score (nSPS) is 17.9. The predicted octanol–water partition coefficient (Wildman–Crippen LogP) is -0.525. The van der Waals surface area contributed by atoms with Crippen LogP contribution in [0.25, 0.3) is 0 Å². The molecule has 0 aromatic rings. The molecular weight excluding hydrogens is 120 g/mol. The van der Waals surface area contributed by atoms with Gasteiger partial charge in [-0.2, -0.15) is 0 Å². The van der Waals surface area contributed by atoms with E-state index in [2.05, 4.69) is 5.32 Å². The number of carbonyl (C=O) groups is 1. The minimum Gasteiger partial charge on any atom is -0.376 e. The standard InChI is InChI=1S/C5H8N2O2/c8-4-7-3-1-2-6-5(7)9/h1,3,8H,2,4H2,(H,6,9). The van der Waals surface area contributed by atoms with Gasteiger partial charge < -0.3 is 10.4 Å². The van der Waals surface area contributed by atoms with E-state index in [-0.39, 0.29) is 12.8 Å². The van der Waals surface area contributed by atoms with E-state index in [9.17, 15) is 4.79 Å². The molecule has 0 spiro atoms. The molecule has 0 saturated heterocycles. The summed E-state index contributed by atoms with van der Waals surface area (Å²) in [5.41, 5.74) is 0. The van der Waals surface area contributed by atoms with Crippen LogP contribution in [0.2, 0.25) is 0 Å². The average molecular weight is 128 g/mol. The Morgan fingerprint density at radius 3 is 3.11 bits per heavy atom. The molecule has 2 amide bonds. The predicted molar refractivity (Wildman–Crippen MR) is 31.5 cm³/mol. The maximum absolute atomic E-state index is 10.6. The number of aliphatic hydroxyl groups excluding tert-OH is 1.